The second-order valence-electron chi connectivity index (χ2n) is 7.86. The van der Waals surface area contributed by atoms with Crippen molar-refractivity contribution in [3.8, 4) is 34.5 Å². The Kier molecular flexibility index (Phi) is 8.14. The normalized spacial score (nSPS) is 10.0. The molecule has 0 bridgehead atoms. The Labute approximate surface area is 200 Å². The van der Waals surface area contributed by atoms with Gasteiger partial charge in [0.1, 0.15) is 46.1 Å². The van der Waals surface area contributed by atoms with Crippen molar-refractivity contribution in [2.24, 2.45) is 0 Å². The molecule has 10 nitrogen and oxygen atoms in total. The molecular weight excluding hydrogens is 1250 g/mol. The Bertz CT molecular complexity index is 1320. The molecule has 4 aromatic rings. The smallest absolute Gasteiger partial charge is 0.233 e. The molecule has 0 saturated carbocycles. The van der Waals surface area contributed by atoms with Gasteiger partial charge < -0.3 is 35.5 Å². The van der Waals surface area contributed by atoms with E-state index in [4.69, 9.17) is 0 Å². The van der Waals surface area contributed by atoms with Gasteiger partial charge in [0, 0.05) is 36.6 Å². The Morgan fingerprint density at radius 2 is 1.00 bits per heavy atom. The van der Waals surface area contributed by atoms with E-state index in [0.717, 1.165) is 0 Å². The monoisotopic (exact) mass is 1280 g/mol. The molecule has 0 aliphatic heterocycles. The molecule has 1 heterocycles. The van der Waals surface area contributed by atoms with Crippen molar-refractivity contribution >= 4 is 11.6 Å². The molecule has 1 aromatic heterocycles. The van der Waals surface area contributed by atoms with Crippen LogP contribution in [0.3, 0.4) is 0 Å². The molecule has 0 amide bonds. The van der Waals surface area contributed by atoms with Gasteiger partial charge in [-0.25, -0.2) is 4.98 Å². The molecule has 0 saturated heterocycles. The number of hydrogen-bond acceptors (Lipinski definition) is 10. The van der Waals surface area contributed by atoms with Crippen LogP contribution in [0.2, 0.25) is 0 Å². The van der Waals surface area contributed by atoms with E-state index in [1.54, 1.807) is 4.90 Å². The van der Waals surface area contributed by atoms with Gasteiger partial charge in [0.15, 0.2) is 0 Å². The third kappa shape index (κ3) is 5.60. The van der Waals surface area contributed by atoms with Gasteiger partial charge in [-0.05, 0) is 55.5 Å². The molecule has 3 aromatic carbocycles. The van der Waals surface area contributed by atoms with Crippen LogP contribution in [0.25, 0.3) is 0 Å². The summed E-state index contributed by atoms with van der Waals surface area (Å²) in [5, 5.41) is 60.5. The van der Waals surface area contributed by atoms with Crippen LogP contribution < -0.4 is 4.90 Å². The fraction of sp³-hybridized carbons (Fsp3) is 0.160. The topological polar surface area (TPSA) is 163 Å². The van der Waals surface area contributed by atoms with E-state index in [9.17, 15) is 30.6 Å². The zero-order chi connectivity index (χ0) is 25.1. The molecule has 4 rings (SSSR count). The van der Waals surface area contributed by atoms with Crippen molar-refractivity contribution in [2.45, 2.75) is 19.8 Å². The summed E-state index contributed by atoms with van der Waals surface area (Å²) in [6.45, 7) is 2.14. The molecule has 13 heteroatoms. The summed E-state index contributed by atoms with van der Waals surface area (Å²) in [5.74, 6) is 0.364. The van der Waals surface area contributed by atoms with E-state index in [-0.39, 0.29) is 70.6 Å². The molecule has 6 N–H and O–H groups in total. The average molecular weight is 1280 g/mol. The molecular formula is C25H24N4O6Rf3. The first-order valence-electron chi connectivity index (χ1n) is 10.8. The minimum absolute atomic E-state index is 0. The van der Waals surface area contributed by atoms with Gasteiger partial charge in [0.05, 0.1) is 5.69 Å². The molecule has 0 spiro atoms. The average Bonchev–Trinajstić information content (AvgIpc) is 2.81. The van der Waals surface area contributed by atoms with Crippen LogP contribution in [0.1, 0.15) is 29.7 Å². The van der Waals surface area contributed by atoms with Gasteiger partial charge >= 0.3 is 0 Å². The van der Waals surface area contributed by atoms with Gasteiger partial charge in [0.2, 0.25) is 5.95 Å². The Balaban J connectivity index is 0.00000241. The Morgan fingerprint density at radius 1 is 0.579 bits per heavy atom. The molecule has 0 unspecified atom stereocenters. The van der Waals surface area contributed by atoms with Crippen LogP contribution in [0, 0.1) is 0 Å². The van der Waals surface area contributed by atoms with Gasteiger partial charge in [-0.1, -0.05) is 0 Å². The fourth-order valence-corrected chi connectivity index (χ4v) is 3.65. The number of phenolic OH excluding ortho intramolecular Hbond substituents is 6. The number of phenols is 6. The zero-order valence-electron chi connectivity index (χ0n) is 20.9. The SMILES string of the molecule is CCN(c1nc(Cc2cc(O)ccc2O)nc(Cc2cc(O)ccc2O)n1)c1cc(O)ccc1O.[Rf].[Rf].[Rf]. The number of anilines is 2. The molecule has 186 valence electrons. The van der Waals surface area contributed by atoms with Crippen molar-refractivity contribution in [3.63, 3.8) is 0 Å². The van der Waals surface area contributed by atoms with Crippen LogP contribution in [0.5, 0.6) is 34.5 Å². The van der Waals surface area contributed by atoms with Gasteiger partial charge in [-0.15, -0.1) is 0 Å². The van der Waals surface area contributed by atoms with E-state index in [1.165, 1.54) is 54.6 Å². The van der Waals surface area contributed by atoms with E-state index in [0.29, 0.717) is 17.7 Å². The molecule has 0 aliphatic carbocycles. The van der Waals surface area contributed by atoms with E-state index in [2.05, 4.69) is 15.0 Å². The van der Waals surface area contributed by atoms with Crippen molar-refractivity contribution in [1.82, 2.24) is 15.0 Å². The van der Waals surface area contributed by atoms with E-state index < -0.39 is 0 Å². The van der Waals surface area contributed by atoms with E-state index in [1.807, 2.05) is 6.92 Å². The molecule has 38 heavy (non-hydrogen) atoms. The fourth-order valence-electron chi connectivity index (χ4n) is 3.65. The number of nitrogens with zero attached hydrogens (tertiary/aromatic N) is 4. The summed E-state index contributed by atoms with van der Waals surface area (Å²) in [6.07, 6.45) is 0.108. The second-order valence-corrected chi connectivity index (χ2v) is 7.86. The van der Waals surface area contributed by atoms with Crippen LogP contribution in [0.4, 0.5) is 11.6 Å². The second kappa shape index (κ2) is 10.9. The standard InChI is InChI=1S/C25H24N4O6.3Rf/c1-2-29(19-13-18(32)5-8-22(19)35)25-27-23(11-14-9-16(30)3-6-20(14)33)26-24(28-25)12-15-10-17(31)4-7-21(15)34;;;/h3-10,13,30-35H,2,11-12H2,1H3;;;. The Hall–Kier alpha value is -7.73. The minimum atomic E-state index is -0.0931. The minimum Gasteiger partial charge on any atom is -0.508 e. The summed E-state index contributed by atoms with van der Waals surface area (Å²) < 4.78 is 0. The third-order valence-corrected chi connectivity index (χ3v) is 5.35. The molecule has 0 atom stereocenters. The summed E-state index contributed by atoms with van der Waals surface area (Å²) in [4.78, 5) is 15.1. The summed E-state index contributed by atoms with van der Waals surface area (Å²) >= 11 is 0. The van der Waals surface area contributed by atoms with Crippen LogP contribution in [-0.4, -0.2) is 52.1 Å². The number of hydrogen-bond donors (Lipinski definition) is 6. The van der Waals surface area contributed by atoms with E-state index >= 15 is 0 Å². The first-order chi connectivity index (χ1) is 16.7. The maximum absolute atomic E-state index is 10.4. The predicted octanol–water partition coefficient (Wildman–Crippen LogP) is 3.44. The van der Waals surface area contributed by atoms with Gasteiger partial charge in [-0.3, -0.25) is 0 Å². The van der Waals surface area contributed by atoms with Crippen LogP contribution in [-0.2, 0) is 12.8 Å². The Morgan fingerprint density at radius 3 is 1.45 bits per heavy atom. The summed E-state index contributed by atoms with van der Waals surface area (Å²) in [7, 11) is 0. The predicted molar refractivity (Wildman–Crippen MR) is 127 cm³/mol. The van der Waals surface area contributed by atoms with Crippen molar-refractivity contribution in [2.75, 3.05) is 11.4 Å². The number of aromatic hydroxyl groups is 6. The zero-order valence-corrected chi connectivity index (χ0v) is 40.1. The first-order valence-corrected chi connectivity index (χ1v) is 10.8. The maximum Gasteiger partial charge on any atom is 0.233 e. The van der Waals surface area contributed by atoms with Crippen molar-refractivity contribution in [3.05, 3.63) is 77.4 Å². The van der Waals surface area contributed by atoms with Crippen molar-refractivity contribution < 1.29 is 30.6 Å². The quantitative estimate of drug-likeness (QED) is 0.151. The maximum atomic E-state index is 10.4. The third-order valence-electron chi connectivity index (χ3n) is 5.35. The van der Waals surface area contributed by atoms with Crippen molar-refractivity contribution in [1.29, 1.82) is 0 Å². The first kappa shape index (κ1) is 28.3. The number of benzene rings is 3. The number of aromatic nitrogens is 3. The molecule has 0 aliphatic rings. The molecule has 0 fully saturated rings. The number of rotatable bonds is 7. The van der Waals surface area contributed by atoms with Crippen LogP contribution in [0.15, 0.2) is 54.6 Å². The van der Waals surface area contributed by atoms with Crippen LogP contribution >= 0.6 is 0 Å². The summed E-state index contributed by atoms with van der Waals surface area (Å²) in [5.41, 5.74) is 1.05. The summed E-state index contributed by atoms with van der Waals surface area (Å²) in [6, 6.07) is 12.3. The largest absolute Gasteiger partial charge is 0.508 e. The molecule has 0 radical (unpaired) electrons. The van der Waals surface area contributed by atoms with Gasteiger partial charge in [-0.2, -0.15) is 9.97 Å². The van der Waals surface area contributed by atoms with Gasteiger partial charge in [0.25, 0.3) is 0 Å².